The third-order valence-electron chi connectivity index (χ3n) is 2.00. The second-order valence-corrected chi connectivity index (χ2v) is 3.80. The number of halogens is 1. The number of aryl methyl sites for hydroxylation is 1. The van der Waals surface area contributed by atoms with Crippen molar-refractivity contribution in [3.8, 4) is 0 Å². The molecule has 1 rings (SSSR count). The zero-order valence-electron chi connectivity index (χ0n) is 7.95. The Hall–Kier alpha value is -1.16. The van der Waals surface area contributed by atoms with E-state index in [-0.39, 0.29) is 0 Å². The van der Waals surface area contributed by atoms with Gasteiger partial charge in [-0.05, 0) is 30.5 Å². The Morgan fingerprint density at radius 2 is 2.07 bits per heavy atom. The Morgan fingerprint density at radius 1 is 1.43 bits per heavy atom. The lowest BCUT2D eigenvalue weighted by molar-refractivity contribution is -0.400. The van der Waals surface area contributed by atoms with Gasteiger partial charge >= 0.3 is 0 Å². The standard InChI is InChI=1S/C10H10BrNO2/c1-7-3-4-9(5-6-12(13)14)8(2)10(7)11/h3-6H,1-2H3/b6-5+. The van der Waals surface area contributed by atoms with Gasteiger partial charge in [-0.3, -0.25) is 10.1 Å². The zero-order chi connectivity index (χ0) is 10.7. The van der Waals surface area contributed by atoms with Crippen LogP contribution in [0.15, 0.2) is 22.8 Å². The van der Waals surface area contributed by atoms with Crippen LogP contribution in [0.5, 0.6) is 0 Å². The van der Waals surface area contributed by atoms with E-state index in [4.69, 9.17) is 0 Å². The number of rotatable bonds is 2. The van der Waals surface area contributed by atoms with Crippen LogP contribution in [0, 0.1) is 24.0 Å². The van der Waals surface area contributed by atoms with Crippen molar-refractivity contribution < 1.29 is 4.92 Å². The zero-order valence-corrected chi connectivity index (χ0v) is 9.54. The molecule has 0 saturated heterocycles. The maximum atomic E-state index is 10.1. The average Bonchev–Trinajstić information content (AvgIpc) is 2.13. The predicted molar refractivity (Wildman–Crippen MR) is 59.6 cm³/mol. The fourth-order valence-electron chi connectivity index (χ4n) is 1.16. The Kier molecular flexibility index (Phi) is 3.41. The van der Waals surface area contributed by atoms with E-state index in [1.54, 1.807) is 0 Å². The van der Waals surface area contributed by atoms with Crippen molar-refractivity contribution in [3.05, 3.63) is 49.6 Å². The summed E-state index contributed by atoms with van der Waals surface area (Å²) in [4.78, 5) is 9.68. The fourth-order valence-corrected chi connectivity index (χ4v) is 1.52. The molecule has 14 heavy (non-hydrogen) atoms. The lowest BCUT2D eigenvalue weighted by Crippen LogP contribution is -1.88. The molecule has 0 aliphatic carbocycles. The van der Waals surface area contributed by atoms with Crippen LogP contribution in [0.25, 0.3) is 6.08 Å². The molecule has 0 heterocycles. The molecular formula is C10H10BrNO2. The van der Waals surface area contributed by atoms with E-state index in [0.717, 1.165) is 27.4 Å². The maximum Gasteiger partial charge on any atom is 0.235 e. The molecule has 1 aromatic carbocycles. The summed E-state index contributed by atoms with van der Waals surface area (Å²) in [5.74, 6) is 0. The van der Waals surface area contributed by atoms with Gasteiger partial charge < -0.3 is 0 Å². The number of hydrogen-bond acceptors (Lipinski definition) is 2. The summed E-state index contributed by atoms with van der Waals surface area (Å²) in [6, 6.07) is 3.80. The van der Waals surface area contributed by atoms with Crippen LogP contribution >= 0.6 is 15.9 Å². The number of benzene rings is 1. The van der Waals surface area contributed by atoms with Gasteiger partial charge in [0.25, 0.3) is 0 Å². The molecule has 0 aliphatic heterocycles. The molecule has 74 valence electrons. The minimum atomic E-state index is -0.465. The van der Waals surface area contributed by atoms with Crippen molar-refractivity contribution >= 4 is 22.0 Å². The molecule has 4 heteroatoms. The van der Waals surface area contributed by atoms with E-state index < -0.39 is 4.92 Å². The van der Waals surface area contributed by atoms with E-state index in [1.165, 1.54) is 6.08 Å². The topological polar surface area (TPSA) is 43.1 Å². The maximum absolute atomic E-state index is 10.1. The summed E-state index contributed by atoms with van der Waals surface area (Å²) >= 11 is 3.43. The molecule has 0 spiro atoms. The first-order valence-corrected chi connectivity index (χ1v) is 4.89. The molecule has 0 radical (unpaired) electrons. The van der Waals surface area contributed by atoms with E-state index in [9.17, 15) is 10.1 Å². The first-order chi connectivity index (χ1) is 6.52. The van der Waals surface area contributed by atoms with Gasteiger partial charge in [-0.2, -0.15) is 0 Å². The highest BCUT2D eigenvalue weighted by molar-refractivity contribution is 9.10. The molecule has 0 aliphatic rings. The predicted octanol–water partition coefficient (Wildman–Crippen LogP) is 3.31. The molecule has 0 atom stereocenters. The normalized spacial score (nSPS) is 10.8. The van der Waals surface area contributed by atoms with E-state index in [2.05, 4.69) is 15.9 Å². The highest BCUT2D eigenvalue weighted by Gasteiger charge is 2.02. The van der Waals surface area contributed by atoms with Crippen LogP contribution in [0.1, 0.15) is 16.7 Å². The van der Waals surface area contributed by atoms with Crippen molar-refractivity contribution in [2.24, 2.45) is 0 Å². The van der Waals surface area contributed by atoms with Gasteiger partial charge in [0.1, 0.15) is 0 Å². The van der Waals surface area contributed by atoms with E-state index >= 15 is 0 Å². The van der Waals surface area contributed by atoms with Crippen LogP contribution in [0.2, 0.25) is 0 Å². The first-order valence-electron chi connectivity index (χ1n) is 4.10. The summed E-state index contributed by atoms with van der Waals surface area (Å²) in [5, 5.41) is 10.1. The Balaban J connectivity index is 3.12. The Morgan fingerprint density at radius 3 is 2.64 bits per heavy atom. The summed E-state index contributed by atoms with van der Waals surface area (Å²) < 4.78 is 1.00. The highest BCUT2D eigenvalue weighted by Crippen LogP contribution is 2.24. The van der Waals surface area contributed by atoms with Gasteiger partial charge in [0.05, 0.1) is 4.92 Å². The summed E-state index contributed by atoms with van der Waals surface area (Å²) in [7, 11) is 0. The minimum absolute atomic E-state index is 0.465. The van der Waals surface area contributed by atoms with Crippen molar-refractivity contribution in [3.63, 3.8) is 0 Å². The van der Waals surface area contributed by atoms with Crippen molar-refractivity contribution in [1.29, 1.82) is 0 Å². The number of nitro groups is 1. The molecule has 0 amide bonds. The molecule has 0 unspecified atom stereocenters. The van der Waals surface area contributed by atoms with Crippen LogP contribution in [-0.4, -0.2) is 4.92 Å². The summed E-state index contributed by atoms with van der Waals surface area (Å²) in [6.07, 6.45) is 2.45. The third-order valence-corrected chi connectivity index (χ3v) is 3.22. The molecule has 1 aromatic rings. The van der Waals surface area contributed by atoms with Gasteiger partial charge in [0, 0.05) is 10.5 Å². The van der Waals surface area contributed by atoms with Crippen molar-refractivity contribution in [1.82, 2.24) is 0 Å². The van der Waals surface area contributed by atoms with Gasteiger partial charge in [-0.25, -0.2) is 0 Å². The van der Waals surface area contributed by atoms with Gasteiger partial charge in [0.15, 0.2) is 0 Å². The quantitative estimate of drug-likeness (QED) is 0.601. The van der Waals surface area contributed by atoms with Crippen LogP contribution in [0.4, 0.5) is 0 Å². The Bertz CT molecular complexity index is 399. The molecular weight excluding hydrogens is 246 g/mol. The Labute approximate surface area is 90.7 Å². The molecule has 0 N–H and O–H groups in total. The fraction of sp³-hybridized carbons (Fsp3) is 0.200. The monoisotopic (exact) mass is 255 g/mol. The van der Waals surface area contributed by atoms with E-state index in [1.807, 2.05) is 26.0 Å². The number of hydrogen-bond donors (Lipinski definition) is 0. The first kappa shape index (κ1) is 10.9. The van der Waals surface area contributed by atoms with Gasteiger partial charge in [0.2, 0.25) is 6.20 Å². The average molecular weight is 256 g/mol. The van der Waals surface area contributed by atoms with Crippen molar-refractivity contribution in [2.75, 3.05) is 0 Å². The lowest BCUT2D eigenvalue weighted by atomic mass is 10.1. The molecule has 3 nitrogen and oxygen atoms in total. The molecule has 0 saturated carbocycles. The molecule has 0 fully saturated rings. The van der Waals surface area contributed by atoms with Crippen LogP contribution < -0.4 is 0 Å². The van der Waals surface area contributed by atoms with Crippen LogP contribution in [-0.2, 0) is 0 Å². The lowest BCUT2D eigenvalue weighted by Gasteiger charge is -2.05. The summed E-state index contributed by atoms with van der Waals surface area (Å²) in [5.41, 5.74) is 3.00. The second-order valence-electron chi connectivity index (χ2n) is 3.01. The molecule has 0 bridgehead atoms. The van der Waals surface area contributed by atoms with Gasteiger partial charge in [-0.1, -0.05) is 28.1 Å². The smallest absolute Gasteiger partial charge is 0.235 e. The highest BCUT2D eigenvalue weighted by atomic mass is 79.9. The number of nitrogens with zero attached hydrogens (tertiary/aromatic N) is 1. The third kappa shape index (κ3) is 2.42. The van der Waals surface area contributed by atoms with Crippen LogP contribution in [0.3, 0.4) is 0 Å². The largest absolute Gasteiger partial charge is 0.259 e. The van der Waals surface area contributed by atoms with Gasteiger partial charge in [-0.15, -0.1) is 0 Å². The minimum Gasteiger partial charge on any atom is -0.259 e. The van der Waals surface area contributed by atoms with E-state index in [0.29, 0.717) is 0 Å². The summed E-state index contributed by atoms with van der Waals surface area (Å²) in [6.45, 7) is 3.91. The second kappa shape index (κ2) is 4.37. The van der Waals surface area contributed by atoms with Crippen molar-refractivity contribution in [2.45, 2.75) is 13.8 Å². The SMILES string of the molecule is Cc1ccc(/C=C/[N+](=O)[O-])c(C)c1Br. The molecule has 0 aromatic heterocycles.